The summed E-state index contributed by atoms with van der Waals surface area (Å²) in [5, 5.41) is 9.64. The molecule has 3 aliphatic heterocycles. The standard InChI is InChI=1S/C17H17ClO2.C15H11ClO4.C13H11ClO2/c1-13(19)4-2-3-5-14-7-9-17-16(10-14)8-6-15(11-18)12-20-17;16-7-9-1-2-10-3-11-4-12(5-15(17)18)20-14(11)6-13(10)19-8-9;1-9(15)11-4-5-13-12(6-11)3-2-10(7-14)8-16-13/h3,5-11H,2,4,12H2,1H3;1-4,6-7H,5,8H2,(H,17,18);2-7H,8H2,1H3/b5-3+,15-11+;9-7+;10-7+. The summed E-state index contributed by atoms with van der Waals surface area (Å²) in [7, 11) is 0. The minimum atomic E-state index is -0.918. The molecule has 288 valence electrons. The van der Waals surface area contributed by atoms with Crippen LogP contribution in [-0.4, -0.2) is 42.5 Å². The quantitative estimate of drug-likeness (QED) is 0.184. The van der Waals surface area contributed by atoms with Crippen LogP contribution in [0.2, 0.25) is 0 Å². The van der Waals surface area contributed by atoms with Crippen molar-refractivity contribution in [1.82, 2.24) is 0 Å². The van der Waals surface area contributed by atoms with E-state index in [9.17, 15) is 14.4 Å². The minimum absolute atomic E-state index is 0.0496. The molecule has 8 nitrogen and oxygen atoms in total. The van der Waals surface area contributed by atoms with Crippen molar-refractivity contribution < 1.29 is 38.1 Å². The molecule has 1 N–H and O–H groups in total. The molecule has 0 fully saturated rings. The maximum atomic E-state index is 11.2. The first-order chi connectivity index (χ1) is 27.0. The Hall–Kier alpha value is -5.54. The predicted molar refractivity (Wildman–Crippen MR) is 225 cm³/mol. The molecule has 4 aromatic rings. The number of hydrogen-bond acceptors (Lipinski definition) is 7. The fraction of sp³-hybridized carbons (Fsp3) is 0.178. The number of ether oxygens (including phenoxy) is 3. The number of aliphatic carboxylic acids is 1. The molecule has 0 amide bonds. The molecule has 0 atom stereocenters. The first-order valence-corrected chi connectivity index (χ1v) is 18.9. The van der Waals surface area contributed by atoms with E-state index in [0.717, 1.165) is 62.3 Å². The highest BCUT2D eigenvalue weighted by Crippen LogP contribution is 2.32. The Morgan fingerprint density at radius 3 is 1.79 bits per heavy atom. The maximum Gasteiger partial charge on any atom is 0.311 e. The van der Waals surface area contributed by atoms with Gasteiger partial charge in [-0.25, -0.2) is 0 Å². The number of carbonyl (C=O) groups is 3. The first kappa shape index (κ1) is 41.6. The Kier molecular flexibility index (Phi) is 15.2. The lowest BCUT2D eigenvalue weighted by Crippen LogP contribution is -1.99. The van der Waals surface area contributed by atoms with Gasteiger partial charge < -0.3 is 28.5 Å². The van der Waals surface area contributed by atoms with Crippen molar-refractivity contribution in [3.8, 4) is 17.2 Å². The van der Waals surface area contributed by atoms with Crippen molar-refractivity contribution in [3.63, 3.8) is 0 Å². The molecular formula is C45H39Cl3O8. The Bertz CT molecular complexity index is 2320. The first-order valence-electron chi connectivity index (χ1n) is 17.6. The average Bonchev–Trinajstić information content (AvgIpc) is 3.35. The average molecular weight is 814 g/mol. The van der Waals surface area contributed by atoms with Crippen LogP contribution in [0.3, 0.4) is 0 Å². The smallest absolute Gasteiger partial charge is 0.311 e. The topological polar surface area (TPSA) is 112 Å². The van der Waals surface area contributed by atoms with Crippen LogP contribution >= 0.6 is 34.8 Å². The van der Waals surface area contributed by atoms with Crippen LogP contribution in [0.4, 0.5) is 0 Å². The van der Waals surface area contributed by atoms with Gasteiger partial charge in [0.15, 0.2) is 5.78 Å². The number of fused-ring (bicyclic) bond motifs is 4. The van der Waals surface area contributed by atoms with E-state index in [1.54, 1.807) is 32.0 Å². The number of furan rings is 1. The van der Waals surface area contributed by atoms with Gasteiger partial charge in [0, 0.05) is 73.5 Å². The zero-order valence-electron chi connectivity index (χ0n) is 30.7. The molecule has 0 radical (unpaired) electrons. The van der Waals surface area contributed by atoms with Crippen molar-refractivity contribution in [2.24, 2.45) is 0 Å². The van der Waals surface area contributed by atoms with Crippen LogP contribution in [-0.2, 0) is 16.0 Å². The maximum absolute atomic E-state index is 11.2. The molecule has 0 bridgehead atoms. The third-order valence-electron chi connectivity index (χ3n) is 8.48. The number of benzene rings is 3. The molecule has 3 aromatic carbocycles. The van der Waals surface area contributed by atoms with E-state index < -0.39 is 5.97 Å². The van der Waals surface area contributed by atoms with Gasteiger partial charge in [-0.15, -0.1) is 0 Å². The fourth-order valence-electron chi connectivity index (χ4n) is 5.52. The lowest BCUT2D eigenvalue weighted by atomic mass is 10.1. The number of carboxylic acids is 1. The Morgan fingerprint density at radius 1 is 0.679 bits per heavy atom. The highest BCUT2D eigenvalue weighted by atomic mass is 35.5. The van der Waals surface area contributed by atoms with Gasteiger partial charge in [-0.3, -0.25) is 9.59 Å². The molecular weight excluding hydrogens is 775 g/mol. The van der Waals surface area contributed by atoms with Crippen molar-refractivity contribution in [1.29, 1.82) is 0 Å². The van der Waals surface area contributed by atoms with Crippen LogP contribution in [0.1, 0.15) is 65.1 Å². The summed E-state index contributed by atoms with van der Waals surface area (Å²) in [6.07, 6.45) is 16.9. The van der Waals surface area contributed by atoms with Crippen molar-refractivity contribution in [3.05, 3.63) is 146 Å². The number of allylic oxidation sites excluding steroid dienone is 1. The van der Waals surface area contributed by atoms with Gasteiger partial charge >= 0.3 is 5.97 Å². The second-order valence-corrected chi connectivity index (χ2v) is 13.5. The summed E-state index contributed by atoms with van der Waals surface area (Å²) >= 11 is 17.0. The van der Waals surface area contributed by atoms with Crippen molar-refractivity contribution >= 4 is 87.6 Å². The summed E-state index contributed by atoms with van der Waals surface area (Å²) in [4.78, 5) is 32.8. The molecule has 7 rings (SSSR count). The molecule has 0 unspecified atom stereocenters. The van der Waals surface area contributed by atoms with Gasteiger partial charge in [0.25, 0.3) is 0 Å². The molecule has 56 heavy (non-hydrogen) atoms. The summed E-state index contributed by atoms with van der Waals surface area (Å²) in [5.41, 5.74) is 12.5. The minimum Gasteiger partial charge on any atom is -0.488 e. The van der Waals surface area contributed by atoms with E-state index in [1.165, 1.54) is 16.6 Å². The van der Waals surface area contributed by atoms with Crippen LogP contribution in [0, 0.1) is 0 Å². The van der Waals surface area contributed by atoms with Crippen molar-refractivity contribution in [2.75, 3.05) is 19.8 Å². The molecule has 0 saturated heterocycles. The molecule has 11 heteroatoms. The van der Waals surface area contributed by atoms with E-state index in [0.29, 0.717) is 48.9 Å². The van der Waals surface area contributed by atoms with Crippen LogP contribution in [0.5, 0.6) is 17.2 Å². The predicted octanol–water partition coefficient (Wildman–Crippen LogP) is 11.6. The highest BCUT2D eigenvalue weighted by Gasteiger charge is 2.14. The molecule has 0 saturated carbocycles. The lowest BCUT2D eigenvalue weighted by molar-refractivity contribution is -0.136. The monoisotopic (exact) mass is 812 g/mol. The number of carbonyl (C=O) groups excluding carboxylic acids is 2. The normalized spacial score (nSPS) is 16.1. The number of hydrogen-bond donors (Lipinski definition) is 1. The van der Waals surface area contributed by atoms with Gasteiger partial charge in [0.2, 0.25) is 0 Å². The summed E-state index contributed by atoms with van der Waals surface area (Å²) in [6.45, 7) is 4.49. The fourth-order valence-corrected chi connectivity index (χ4v) is 5.93. The summed E-state index contributed by atoms with van der Waals surface area (Å²) < 4.78 is 22.4. The summed E-state index contributed by atoms with van der Waals surface area (Å²) in [5.74, 6) is 2.10. The second-order valence-electron chi connectivity index (χ2n) is 12.9. The van der Waals surface area contributed by atoms with Gasteiger partial charge in [-0.2, -0.15) is 0 Å². The molecule has 0 spiro atoms. The Balaban J connectivity index is 0.000000162. The van der Waals surface area contributed by atoms with Crippen molar-refractivity contribution in [2.45, 2.75) is 33.1 Å². The number of Topliss-reactive ketones (excluding diaryl/α,β-unsaturated/α-hetero) is 2. The molecule has 4 heterocycles. The van der Waals surface area contributed by atoms with Crippen LogP contribution < -0.4 is 14.2 Å². The molecule has 3 aliphatic rings. The van der Waals surface area contributed by atoms with E-state index in [4.69, 9.17) is 58.5 Å². The van der Waals surface area contributed by atoms with E-state index >= 15 is 0 Å². The second kappa shape index (κ2) is 20.4. The third-order valence-corrected chi connectivity index (χ3v) is 9.32. The molecule has 1 aromatic heterocycles. The van der Waals surface area contributed by atoms with E-state index in [-0.39, 0.29) is 18.0 Å². The van der Waals surface area contributed by atoms with Gasteiger partial charge in [-0.05, 0) is 68.3 Å². The molecule has 0 aliphatic carbocycles. The lowest BCUT2D eigenvalue weighted by Gasteiger charge is -2.07. The van der Waals surface area contributed by atoms with Crippen LogP contribution in [0.15, 0.2) is 117 Å². The van der Waals surface area contributed by atoms with Crippen LogP contribution in [0.25, 0.3) is 35.3 Å². The van der Waals surface area contributed by atoms with Gasteiger partial charge in [-0.1, -0.05) is 89.5 Å². The van der Waals surface area contributed by atoms with E-state index in [2.05, 4.69) is 6.07 Å². The number of halogens is 3. The summed E-state index contributed by atoms with van der Waals surface area (Å²) in [6, 6.07) is 16.9. The number of ketones is 2. The third kappa shape index (κ3) is 12.0. The van der Waals surface area contributed by atoms with Gasteiger partial charge in [0.05, 0.1) is 0 Å². The Labute approximate surface area is 340 Å². The zero-order valence-corrected chi connectivity index (χ0v) is 33.0. The number of carboxylic acid groups (broad SMARTS) is 1. The SMILES string of the molecule is CC(=O)CC/C=C/c1ccc2c(c1)C=C/C(=C\Cl)CO2.CC(=O)c1ccc2c(c1)C=C/C(=C\Cl)CO2.O=C(O)Cc1cc2cc3c(cc2o1)OC/C(=C/Cl)C=C3. The Morgan fingerprint density at radius 2 is 1.23 bits per heavy atom. The highest BCUT2D eigenvalue weighted by molar-refractivity contribution is 6.26. The number of rotatable bonds is 7. The zero-order chi connectivity index (χ0) is 40.0. The largest absolute Gasteiger partial charge is 0.488 e. The van der Waals surface area contributed by atoms with Gasteiger partial charge in [0.1, 0.15) is 60.6 Å². The van der Waals surface area contributed by atoms with E-state index in [1.807, 2.05) is 78.9 Å².